The fraction of sp³-hybridized carbons (Fsp3) is 0.222. The summed E-state index contributed by atoms with van der Waals surface area (Å²) in [7, 11) is 0.0969. The van der Waals surface area contributed by atoms with E-state index in [2.05, 4.69) is 4.40 Å². The number of amides is 1. The maximum Gasteiger partial charge on any atom is 0.294 e. The first-order valence-electron chi connectivity index (χ1n) is 8.19. The van der Waals surface area contributed by atoms with Gasteiger partial charge in [0.15, 0.2) is 5.17 Å². The fourth-order valence-electron chi connectivity index (χ4n) is 2.43. The van der Waals surface area contributed by atoms with Crippen LogP contribution in [0.3, 0.4) is 0 Å². The highest BCUT2D eigenvalue weighted by Crippen LogP contribution is 2.34. The van der Waals surface area contributed by atoms with Crippen molar-refractivity contribution < 1.29 is 13.2 Å². The summed E-state index contributed by atoms with van der Waals surface area (Å²) in [5.41, 5.74) is 1.93. The molecule has 1 aliphatic heterocycles. The molecule has 1 aromatic heterocycles. The van der Waals surface area contributed by atoms with Crippen molar-refractivity contribution in [2.24, 2.45) is 4.40 Å². The molecular formula is C18H19N3O3S3. The number of carbonyl (C=O) groups is 1. The number of carbonyl (C=O) groups excluding carboxylic acids is 1. The number of thioether (sulfide) groups is 1. The number of anilines is 1. The zero-order valence-electron chi connectivity index (χ0n) is 15.1. The lowest BCUT2D eigenvalue weighted by molar-refractivity contribution is -0.122. The molecule has 2 heterocycles. The molecule has 27 heavy (non-hydrogen) atoms. The number of benzene rings is 1. The van der Waals surface area contributed by atoms with Gasteiger partial charge in [0.1, 0.15) is 4.21 Å². The molecule has 0 radical (unpaired) electrons. The van der Waals surface area contributed by atoms with Gasteiger partial charge in [0.25, 0.3) is 15.9 Å². The van der Waals surface area contributed by atoms with Crippen LogP contribution in [0.25, 0.3) is 6.08 Å². The number of likely N-dealkylation sites (N-methyl/N-ethyl adjacent to an activating group) is 1. The Kier molecular flexibility index (Phi) is 5.73. The van der Waals surface area contributed by atoms with Crippen molar-refractivity contribution >= 4 is 56.0 Å². The second-order valence-electron chi connectivity index (χ2n) is 5.93. The van der Waals surface area contributed by atoms with Gasteiger partial charge in [-0.25, -0.2) is 0 Å². The molecule has 1 aromatic carbocycles. The molecule has 1 fully saturated rings. The number of rotatable bonds is 5. The highest BCUT2D eigenvalue weighted by Gasteiger charge is 2.34. The maximum atomic E-state index is 12.7. The van der Waals surface area contributed by atoms with Gasteiger partial charge >= 0.3 is 0 Å². The normalized spacial score (nSPS) is 17.9. The van der Waals surface area contributed by atoms with Crippen LogP contribution < -0.4 is 4.90 Å². The lowest BCUT2D eigenvalue weighted by Crippen LogP contribution is -2.29. The van der Waals surface area contributed by atoms with E-state index in [1.54, 1.807) is 24.4 Å². The van der Waals surface area contributed by atoms with Crippen molar-refractivity contribution in [3.8, 4) is 0 Å². The fourth-order valence-corrected chi connectivity index (χ4v) is 5.65. The molecule has 0 aliphatic carbocycles. The smallest absolute Gasteiger partial charge is 0.294 e. The Morgan fingerprint density at radius 2 is 1.89 bits per heavy atom. The van der Waals surface area contributed by atoms with Gasteiger partial charge in [-0.2, -0.15) is 8.42 Å². The predicted octanol–water partition coefficient (Wildman–Crippen LogP) is 3.50. The Hall–Kier alpha value is -2.10. The SMILES string of the molecule is CCN1C(=O)/C(=C/c2ccc(N(C)C)cc2)S/C1=N/S(=O)(=O)c1cccs1. The van der Waals surface area contributed by atoms with Crippen LogP contribution in [-0.2, 0) is 14.8 Å². The minimum atomic E-state index is -3.82. The molecule has 3 rings (SSSR count). The molecule has 9 heteroatoms. The van der Waals surface area contributed by atoms with Crippen molar-refractivity contribution in [1.82, 2.24) is 4.90 Å². The number of nitrogens with zero attached hydrogens (tertiary/aromatic N) is 3. The summed E-state index contributed by atoms with van der Waals surface area (Å²) in [5.74, 6) is -0.237. The van der Waals surface area contributed by atoms with Crippen molar-refractivity contribution in [3.05, 3.63) is 52.2 Å². The van der Waals surface area contributed by atoms with Crippen LogP contribution >= 0.6 is 23.1 Å². The van der Waals surface area contributed by atoms with Crippen LogP contribution in [-0.4, -0.2) is 45.0 Å². The lowest BCUT2D eigenvalue weighted by Gasteiger charge is -2.12. The second-order valence-corrected chi connectivity index (χ2v) is 9.71. The van der Waals surface area contributed by atoms with E-state index < -0.39 is 10.0 Å². The molecule has 0 spiro atoms. The first-order valence-corrected chi connectivity index (χ1v) is 11.3. The lowest BCUT2D eigenvalue weighted by atomic mass is 10.2. The standard InChI is InChI=1S/C18H19N3O3S3/c1-4-21-17(22)15(12-13-7-9-14(10-8-13)20(2)3)26-18(21)19-27(23,24)16-6-5-11-25-16/h5-12H,4H2,1-3H3/b15-12-,19-18+. The third kappa shape index (κ3) is 4.26. The first-order chi connectivity index (χ1) is 12.8. The molecular weight excluding hydrogens is 402 g/mol. The van der Waals surface area contributed by atoms with Gasteiger partial charge in [-0.1, -0.05) is 18.2 Å². The van der Waals surface area contributed by atoms with E-state index >= 15 is 0 Å². The number of hydrogen-bond acceptors (Lipinski definition) is 6. The average molecular weight is 422 g/mol. The molecule has 1 amide bonds. The number of thiophene rings is 1. The van der Waals surface area contributed by atoms with E-state index in [-0.39, 0.29) is 15.3 Å². The van der Waals surface area contributed by atoms with Crippen molar-refractivity contribution in [2.45, 2.75) is 11.1 Å². The van der Waals surface area contributed by atoms with Gasteiger partial charge in [-0.05, 0) is 53.9 Å². The number of amidine groups is 1. The molecule has 1 saturated heterocycles. The van der Waals surface area contributed by atoms with Gasteiger partial charge in [0, 0.05) is 26.3 Å². The van der Waals surface area contributed by atoms with Gasteiger partial charge in [-0.3, -0.25) is 9.69 Å². The van der Waals surface area contributed by atoms with Crippen LogP contribution in [0.5, 0.6) is 0 Å². The minimum Gasteiger partial charge on any atom is -0.378 e. The Labute approximate surface area is 167 Å². The Morgan fingerprint density at radius 1 is 1.19 bits per heavy atom. The Bertz CT molecular complexity index is 992. The largest absolute Gasteiger partial charge is 0.378 e. The molecule has 0 unspecified atom stereocenters. The highest BCUT2D eigenvalue weighted by atomic mass is 32.2. The van der Waals surface area contributed by atoms with Crippen molar-refractivity contribution in [2.75, 3.05) is 25.5 Å². The number of hydrogen-bond donors (Lipinski definition) is 0. The summed E-state index contributed by atoms with van der Waals surface area (Å²) in [6.07, 6.45) is 1.76. The summed E-state index contributed by atoms with van der Waals surface area (Å²) < 4.78 is 28.9. The highest BCUT2D eigenvalue weighted by molar-refractivity contribution is 8.19. The molecule has 0 bridgehead atoms. The van der Waals surface area contributed by atoms with E-state index in [0.717, 1.165) is 34.3 Å². The third-order valence-electron chi connectivity index (χ3n) is 3.86. The third-order valence-corrected chi connectivity index (χ3v) is 7.62. The van der Waals surface area contributed by atoms with Crippen LogP contribution in [0.4, 0.5) is 5.69 Å². The molecule has 142 valence electrons. The van der Waals surface area contributed by atoms with Crippen LogP contribution in [0.15, 0.2) is 55.3 Å². The van der Waals surface area contributed by atoms with Crippen LogP contribution in [0.2, 0.25) is 0 Å². The van der Waals surface area contributed by atoms with Crippen molar-refractivity contribution in [1.29, 1.82) is 0 Å². The number of sulfonamides is 1. The van der Waals surface area contributed by atoms with Crippen molar-refractivity contribution in [3.63, 3.8) is 0 Å². The Morgan fingerprint density at radius 3 is 2.44 bits per heavy atom. The summed E-state index contributed by atoms with van der Waals surface area (Å²) in [5, 5.41) is 1.87. The molecule has 0 saturated carbocycles. The van der Waals surface area contributed by atoms with E-state index in [0.29, 0.717) is 11.4 Å². The van der Waals surface area contributed by atoms with Gasteiger partial charge in [-0.15, -0.1) is 15.7 Å². The molecule has 2 aromatic rings. The average Bonchev–Trinajstić information content (AvgIpc) is 3.25. The molecule has 0 atom stereocenters. The summed E-state index contributed by atoms with van der Waals surface area (Å²) in [6, 6.07) is 10.9. The van der Waals surface area contributed by atoms with E-state index in [1.807, 2.05) is 43.3 Å². The molecule has 1 aliphatic rings. The van der Waals surface area contributed by atoms with Gasteiger partial charge < -0.3 is 4.90 Å². The van der Waals surface area contributed by atoms with Gasteiger partial charge in [0.05, 0.1) is 4.91 Å². The first kappa shape index (κ1) is 19.7. The van der Waals surface area contributed by atoms with E-state index in [4.69, 9.17) is 0 Å². The van der Waals surface area contributed by atoms with Gasteiger partial charge in [0.2, 0.25) is 0 Å². The minimum absolute atomic E-state index is 0.163. The van der Waals surface area contributed by atoms with E-state index in [9.17, 15) is 13.2 Å². The van der Waals surface area contributed by atoms with E-state index in [1.165, 1.54) is 11.0 Å². The monoisotopic (exact) mass is 421 g/mol. The second kappa shape index (κ2) is 7.87. The quantitative estimate of drug-likeness (QED) is 0.691. The van der Waals surface area contributed by atoms with Crippen LogP contribution in [0.1, 0.15) is 12.5 Å². The van der Waals surface area contributed by atoms with Crippen LogP contribution in [0, 0.1) is 0 Å². The zero-order chi connectivity index (χ0) is 19.6. The topological polar surface area (TPSA) is 70.1 Å². The Balaban J connectivity index is 1.91. The molecule has 6 nitrogen and oxygen atoms in total. The predicted molar refractivity (Wildman–Crippen MR) is 113 cm³/mol. The maximum absolute atomic E-state index is 12.7. The summed E-state index contributed by atoms with van der Waals surface area (Å²) in [4.78, 5) is 16.5. The molecule has 0 N–H and O–H groups in total. The summed E-state index contributed by atoms with van der Waals surface area (Å²) in [6.45, 7) is 2.14. The summed E-state index contributed by atoms with van der Waals surface area (Å²) >= 11 is 2.19. The zero-order valence-corrected chi connectivity index (χ0v) is 17.6.